The Labute approximate surface area is 169 Å². The molecule has 0 unspecified atom stereocenters. The van der Waals surface area contributed by atoms with Crippen molar-refractivity contribution in [3.05, 3.63) is 84.4 Å². The van der Waals surface area contributed by atoms with E-state index in [1.165, 1.54) is 0 Å². The molecule has 0 spiro atoms. The first-order chi connectivity index (χ1) is 13.7. The monoisotopic (exact) mass is 391 g/mol. The van der Waals surface area contributed by atoms with Gasteiger partial charge in [-0.3, -0.25) is 4.79 Å². The molecule has 1 heterocycles. The minimum atomic E-state index is -0.169. The highest BCUT2D eigenvalue weighted by atomic mass is 32.2. The summed E-state index contributed by atoms with van der Waals surface area (Å²) in [5, 5.41) is -0.169. The molecule has 0 radical (unpaired) electrons. The van der Waals surface area contributed by atoms with Crippen LogP contribution >= 0.6 is 11.8 Å². The number of anilines is 1. The number of methoxy groups -OCH3 is 2. The number of carbonyl (C=O) groups excluding carboxylic acids is 1. The predicted octanol–water partition coefficient (Wildman–Crippen LogP) is 4.95. The van der Waals surface area contributed by atoms with Crippen LogP contribution in [0.3, 0.4) is 0 Å². The second kappa shape index (κ2) is 7.98. The molecule has 0 bridgehead atoms. The Hall–Kier alpha value is -2.92. The standard InChI is InChI=1S/C23H21NO3S/c1-26-18-12-8-16(9-13-18)21-22(28-20-6-4-3-5-7-20)23(25)24(21)17-10-14-19(27-2)15-11-17/h3-15,21-22H,1-2H3/t21-,22+/m1/s1. The van der Waals surface area contributed by atoms with Gasteiger partial charge in [-0.1, -0.05) is 30.3 Å². The zero-order chi connectivity index (χ0) is 19.5. The molecule has 0 aliphatic carbocycles. The summed E-state index contributed by atoms with van der Waals surface area (Å²) in [7, 11) is 3.29. The number of benzene rings is 3. The normalized spacial score (nSPS) is 18.5. The molecule has 5 heteroatoms. The topological polar surface area (TPSA) is 38.8 Å². The van der Waals surface area contributed by atoms with Crippen molar-refractivity contribution in [2.75, 3.05) is 19.1 Å². The van der Waals surface area contributed by atoms with Crippen molar-refractivity contribution in [1.29, 1.82) is 0 Å². The van der Waals surface area contributed by atoms with Crippen LogP contribution in [0.25, 0.3) is 0 Å². The van der Waals surface area contributed by atoms with Gasteiger partial charge >= 0.3 is 0 Å². The smallest absolute Gasteiger partial charge is 0.243 e. The van der Waals surface area contributed by atoms with Crippen molar-refractivity contribution in [3.8, 4) is 11.5 Å². The van der Waals surface area contributed by atoms with Crippen LogP contribution < -0.4 is 14.4 Å². The second-order valence-electron chi connectivity index (χ2n) is 6.48. The number of rotatable bonds is 6. The van der Waals surface area contributed by atoms with Gasteiger partial charge in [0.05, 0.1) is 20.3 Å². The summed E-state index contributed by atoms with van der Waals surface area (Å²) >= 11 is 1.61. The van der Waals surface area contributed by atoms with Crippen molar-refractivity contribution in [2.24, 2.45) is 0 Å². The van der Waals surface area contributed by atoms with E-state index in [0.717, 1.165) is 27.6 Å². The van der Waals surface area contributed by atoms with E-state index in [1.807, 2.05) is 83.8 Å². The average Bonchev–Trinajstić information content (AvgIpc) is 2.76. The van der Waals surface area contributed by atoms with Gasteiger partial charge in [0, 0.05) is 10.6 Å². The number of nitrogens with zero attached hydrogens (tertiary/aromatic N) is 1. The zero-order valence-electron chi connectivity index (χ0n) is 15.7. The maximum absolute atomic E-state index is 13.1. The summed E-state index contributed by atoms with van der Waals surface area (Å²) in [6.45, 7) is 0. The van der Waals surface area contributed by atoms with Crippen molar-refractivity contribution in [3.63, 3.8) is 0 Å². The average molecular weight is 391 g/mol. The Kier molecular flexibility index (Phi) is 5.26. The quantitative estimate of drug-likeness (QED) is 0.557. The molecular weight excluding hydrogens is 370 g/mol. The summed E-state index contributed by atoms with van der Waals surface area (Å²) in [6, 6.07) is 25.6. The minimum Gasteiger partial charge on any atom is -0.497 e. The van der Waals surface area contributed by atoms with E-state index >= 15 is 0 Å². The van der Waals surface area contributed by atoms with E-state index in [4.69, 9.17) is 9.47 Å². The van der Waals surface area contributed by atoms with Gasteiger partial charge in [0.2, 0.25) is 5.91 Å². The molecule has 3 aromatic carbocycles. The maximum Gasteiger partial charge on any atom is 0.243 e. The van der Waals surface area contributed by atoms with Gasteiger partial charge in [-0.15, -0.1) is 11.8 Å². The molecule has 142 valence electrons. The molecule has 2 atom stereocenters. The number of carbonyl (C=O) groups is 1. The molecule has 1 aliphatic rings. The van der Waals surface area contributed by atoms with Crippen molar-refractivity contribution in [1.82, 2.24) is 0 Å². The third-order valence-corrected chi connectivity index (χ3v) is 6.12. The van der Waals surface area contributed by atoms with Crippen LogP contribution in [0.5, 0.6) is 11.5 Å². The van der Waals surface area contributed by atoms with Gasteiger partial charge in [0.25, 0.3) is 0 Å². The Balaban J connectivity index is 1.67. The highest BCUT2D eigenvalue weighted by molar-refractivity contribution is 8.00. The van der Waals surface area contributed by atoms with E-state index in [2.05, 4.69) is 0 Å². The Morgan fingerprint density at radius 1 is 0.786 bits per heavy atom. The fourth-order valence-electron chi connectivity index (χ4n) is 3.38. The predicted molar refractivity (Wildman–Crippen MR) is 112 cm³/mol. The molecule has 4 rings (SSSR count). The first kappa shape index (κ1) is 18.4. The Morgan fingerprint density at radius 2 is 1.36 bits per heavy atom. The molecule has 28 heavy (non-hydrogen) atoms. The summed E-state index contributed by atoms with van der Waals surface area (Å²) in [4.78, 5) is 16.0. The summed E-state index contributed by atoms with van der Waals surface area (Å²) in [5.41, 5.74) is 1.96. The maximum atomic E-state index is 13.1. The van der Waals surface area contributed by atoms with E-state index in [1.54, 1.807) is 26.0 Å². The largest absolute Gasteiger partial charge is 0.497 e. The first-order valence-corrected chi connectivity index (χ1v) is 9.92. The van der Waals surface area contributed by atoms with E-state index in [0.29, 0.717) is 0 Å². The molecule has 3 aromatic rings. The van der Waals surface area contributed by atoms with Gasteiger partial charge in [0.1, 0.15) is 16.7 Å². The summed E-state index contributed by atoms with van der Waals surface area (Å²) < 4.78 is 10.5. The van der Waals surface area contributed by atoms with Gasteiger partial charge in [-0.05, 0) is 54.1 Å². The van der Waals surface area contributed by atoms with Crippen LogP contribution in [0.15, 0.2) is 83.8 Å². The number of β-lactam (4-membered cyclic amide) rings is 1. The van der Waals surface area contributed by atoms with Gasteiger partial charge in [-0.2, -0.15) is 0 Å². The molecule has 1 fully saturated rings. The molecule has 1 amide bonds. The third-order valence-electron chi connectivity index (χ3n) is 4.86. The highest BCUT2D eigenvalue weighted by Gasteiger charge is 2.49. The summed E-state index contributed by atoms with van der Waals surface area (Å²) in [6.07, 6.45) is 0. The van der Waals surface area contributed by atoms with E-state index in [-0.39, 0.29) is 17.2 Å². The van der Waals surface area contributed by atoms with Crippen molar-refractivity contribution >= 4 is 23.4 Å². The molecule has 0 aromatic heterocycles. The SMILES string of the molecule is COc1ccc([C@@H]2[C@H](Sc3ccccc3)C(=O)N2c2ccc(OC)cc2)cc1. The molecule has 0 N–H and O–H groups in total. The van der Waals surface area contributed by atoms with Crippen LogP contribution in [-0.4, -0.2) is 25.4 Å². The second-order valence-corrected chi connectivity index (χ2v) is 7.69. The lowest BCUT2D eigenvalue weighted by Gasteiger charge is -2.47. The number of hydrogen-bond acceptors (Lipinski definition) is 4. The van der Waals surface area contributed by atoms with E-state index in [9.17, 15) is 4.79 Å². The molecular formula is C23H21NO3S. The molecule has 0 saturated carbocycles. The fraction of sp³-hybridized carbons (Fsp3) is 0.174. The number of hydrogen-bond donors (Lipinski definition) is 0. The van der Waals surface area contributed by atoms with Crippen LogP contribution in [0.1, 0.15) is 11.6 Å². The lowest BCUT2D eigenvalue weighted by Crippen LogP contribution is -2.57. The van der Waals surface area contributed by atoms with E-state index < -0.39 is 0 Å². The minimum absolute atomic E-state index is 0.0444. The van der Waals surface area contributed by atoms with Crippen molar-refractivity contribution < 1.29 is 14.3 Å². The Morgan fingerprint density at radius 3 is 1.93 bits per heavy atom. The number of amides is 1. The summed E-state index contributed by atoms with van der Waals surface area (Å²) in [5.74, 6) is 1.69. The lowest BCUT2D eigenvalue weighted by molar-refractivity contribution is -0.123. The number of ether oxygens (including phenoxy) is 2. The van der Waals surface area contributed by atoms with Crippen LogP contribution in [-0.2, 0) is 4.79 Å². The van der Waals surface area contributed by atoms with Crippen LogP contribution in [0.4, 0.5) is 5.69 Å². The third kappa shape index (κ3) is 3.45. The van der Waals surface area contributed by atoms with Gasteiger partial charge in [-0.25, -0.2) is 0 Å². The van der Waals surface area contributed by atoms with Crippen molar-refractivity contribution in [2.45, 2.75) is 16.2 Å². The number of thioether (sulfide) groups is 1. The lowest BCUT2D eigenvalue weighted by atomic mass is 9.92. The molecule has 1 saturated heterocycles. The molecule has 4 nitrogen and oxygen atoms in total. The zero-order valence-corrected chi connectivity index (χ0v) is 16.6. The van der Waals surface area contributed by atoms with Gasteiger partial charge < -0.3 is 14.4 Å². The van der Waals surface area contributed by atoms with Gasteiger partial charge in [0.15, 0.2) is 0 Å². The molecule has 1 aliphatic heterocycles. The van der Waals surface area contributed by atoms with Crippen LogP contribution in [0.2, 0.25) is 0 Å². The Bertz CT molecular complexity index is 942. The fourth-order valence-corrected chi connectivity index (χ4v) is 4.61. The highest BCUT2D eigenvalue weighted by Crippen LogP contribution is 2.47. The first-order valence-electron chi connectivity index (χ1n) is 9.04. The van der Waals surface area contributed by atoms with Crippen LogP contribution in [0, 0.1) is 0 Å².